The van der Waals surface area contributed by atoms with Gasteiger partial charge in [0.15, 0.2) is 11.5 Å². The van der Waals surface area contributed by atoms with Gasteiger partial charge in [-0.1, -0.05) is 13.8 Å². The van der Waals surface area contributed by atoms with Gasteiger partial charge in [0, 0.05) is 31.6 Å². The SMILES string of the molecule is COC[C@@H](C)NC(=O)c1oc2c(c1C)C(=O)CC(C)(C)C2. The lowest BCUT2D eigenvalue weighted by Gasteiger charge is -2.27. The number of carbonyl (C=O) groups excluding carboxylic acids is 2. The van der Waals surface area contributed by atoms with E-state index in [-0.39, 0.29) is 28.9 Å². The second kappa shape index (κ2) is 5.64. The van der Waals surface area contributed by atoms with Gasteiger partial charge in [0.2, 0.25) is 0 Å². The monoisotopic (exact) mass is 293 g/mol. The van der Waals surface area contributed by atoms with Gasteiger partial charge in [0.05, 0.1) is 12.2 Å². The number of Topliss-reactive ketones (excluding diaryl/α,β-unsaturated/α-hetero) is 1. The Morgan fingerprint density at radius 1 is 1.43 bits per heavy atom. The van der Waals surface area contributed by atoms with E-state index in [9.17, 15) is 9.59 Å². The molecule has 0 fully saturated rings. The average molecular weight is 293 g/mol. The van der Waals surface area contributed by atoms with Gasteiger partial charge in [0.25, 0.3) is 5.91 Å². The zero-order chi connectivity index (χ0) is 15.8. The molecule has 5 nitrogen and oxygen atoms in total. The molecule has 21 heavy (non-hydrogen) atoms. The number of fused-ring (bicyclic) bond motifs is 1. The predicted molar refractivity (Wildman–Crippen MR) is 78.7 cm³/mol. The fraction of sp³-hybridized carbons (Fsp3) is 0.625. The van der Waals surface area contributed by atoms with Gasteiger partial charge in [0.1, 0.15) is 5.76 Å². The largest absolute Gasteiger partial charge is 0.455 e. The van der Waals surface area contributed by atoms with Gasteiger partial charge >= 0.3 is 0 Å². The van der Waals surface area contributed by atoms with Crippen LogP contribution in [-0.4, -0.2) is 31.4 Å². The molecule has 0 unspecified atom stereocenters. The highest BCUT2D eigenvalue weighted by atomic mass is 16.5. The Bertz CT molecular complexity index is 571. The fourth-order valence-electron chi connectivity index (χ4n) is 2.88. The lowest BCUT2D eigenvalue weighted by molar-refractivity contribution is 0.0863. The molecule has 0 spiro atoms. The van der Waals surface area contributed by atoms with Crippen molar-refractivity contribution in [3.63, 3.8) is 0 Å². The highest BCUT2D eigenvalue weighted by Crippen LogP contribution is 2.38. The molecule has 1 heterocycles. The Morgan fingerprint density at radius 3 is 2.71 bits per heavy atom. The molecular weight excluding hydrogens is 270 g/mol. The molecule has 0 bridgehead atoms. The summed E-state index contributed by atoms with van der Waals surface area (Å²) in [6.07, 6.45) is 1.16. The summed E-state index contributed by atoms with van der Waals surface area (Å²) in [5, 5.41) is 2.81. The molecule has 0 aromatic carbocycles. The number of hydrogen-bond acceptors (Lipinski definition) is 4. The Morgan fingerprint density at radius 2 is 2.10 bits per heavy atom. The third kappa shape index (κ3) is 3.18. The van der Waals surface area contributed by atoms with Crippen LogP contribution in [0.1, 0.15) is 59.4 Å². The van der Waals surface area contributed by atoms with E-state index >= 15 is 0 Å². The molecule has 1 aromatic heterocycles. The third-order valence-electron chi connectivity index (χ3n) is 3.78. The number of furan rings is 1. The van der Waals surface area contributed by atoms with Gasteiger partial charge < -0.3 is 14.5 Å². The quantitative estimate of drug-likeness (QED) is 0.926. The van der Waals surface area contributed by atoms with E-state index in [0.717, 1.165) is 0 Å². The topological polar surface area (TPSA) is 68.5 Å². The first kappa shape index (κ1) is 15.8. The molecule has 0 saturated carbocycles. The van der Waals surface area contributed by atoms with Gasteiger partial charge in [-0.3, -0.25) is 9.59 Å². The van der Waals surface area contributed by atoms with Crippen molar-refractivity contribution >= 4 is 11.7 Å². The van der Waals surface area contributed by atoms with E-state index in [4.69, 9.17) is 9.15 Å². The maximum absolute atomic E-state index is 12.3. The molecule has 1 atom stereocenters. The highest BCUT2D eigenvalue weighted by Gasteiger charge is 2.37. The van der Waals surface area contributed by atoms with Gasteiger partial charge in [-0.05, 0) is 19.3 Å². The number of nitrogens with one attached hydrogen (secondary N) is 1. The maximum atomic E-state index is 12.3. The molecule has 1 amide bonds. The van der Waals surface area contributed by atoms with Crippen molar-refractivity contribution in [2.24, 2.45) is 5.41 Å². The van der Waals surface area contributed by atoms with Crippen LogP contribution in [0.3, 0.4) is 0 Å². The number of methoxy groups -OCH3 is 1. The number of carbonyl (C=O) groups is 2. The minimum absolute atomic E-state index is 0.0616. The van der Waals surface area contributed by atoms with Crippen LogP contribution in [0, 0.1) is 12.3 Å². The van der Waals surface area contributed by atoms with E-state index < -0.39 is 0 Å². The van der Waals surface area contributed by atoms with Crippen LogP contribution in [0.15, 0.2) is 4.42 Å². The Kier molecular flexibility index (Phi) is 4.23. The highest BCUT2D eigenvalue weighted by molar-refractivity contribution is 6.03. The van der Waals surface area contributed by atoms with Crippen molar-refractivity contribution in [1.82, 2.24) is 5.32 Å². The minimum Gasteiger partial charge on any atom is -0.455 e. The molecule has 1 N–H and O–H groups in total. The van der Waals surface area contributed by atoms with Crippen LogP contribution in [0.4, 0.5) is 0 Å². The number of hydrogen-bond donors (Lipinski definition) is 1. The molecule has 0 aliphatic heterocycles. The fourth-order valence-corrected chi connectivity index (χ4v) is 2.88. The summed E-state index contributed by atoms with van der Waals surface area (Å²) in [4.78, 5) is 24.5. The van der Waals surface area contributed by atoms with Crippen molar-refractivity contribution in [3.8, 4) is 0 Å². The van der Waals surface area contributed by atoms with Crippen molar-refractivity contribution in [2.75, 3.05) is 13.7 Å². The molecule has 1 aliphatic rings. The van der Waals surface area contributed by atoms with Crippen LogP contribution >= 0.6 is 0 Å². The molecule has 1 aromatic rings. The van der Waals surface area contributed by atoms with E-state index in [1.165, 1.54) is 0 Å². The molecule has 0 radical (unpaired) electrons. The van der Waals surface area contributed by atoms with Crippen LogP contribution < -0.4 is 5.32 Å². The molecule has 116 valence electrons. The lowest BCUT2D eigenvalue weighted by Crippen LogP contribution is -2.35. The number of ether oxygens (including phenoxy) is 1. The van der Waals surface area contributed by atoms with Gasteiger partial charge in [-0.2, -0.15) is 0 Å². The zero-order valence-corrected chi connectivity index (χ0v) is 13.3. The van der Waals surface area contributed by atoms with Crippen molar-refractivity contribution in [2.45, 2.75) is 46.6 Å². The smallest absolute Gasteiger partial charge is 0.287 e. The minimum atomic E-state index is -0.294. The van der Waals surface area contributed by atoms with Crippen LogP contribution in [0.5, 0.6) is 0 Å². The summed E-state index contributed by atoms with van der Waals surface area (Å²) in [7, 11) is 1.58. The number of ketones is 1. The van der Waals surface area contributed by atoms with Gasteiger partial charge in [-0.15, -0.1) is 0 Å². The normalized spacial score (nSPS) is 18.2. The maximum Gasteiger partial charge on any atom is 0.287 e. The number of rotatable bonds is 4. The van der Waals surface area contributed by atoms with Crippen LogP contribution in [0.25, 0.3) is 0 Å². The summed E-state index contributed by atoms with van der Waals surface area (Å²) in [6.45, 7) is 8.12. The third-order valence-corrected chi connectivity index (χ3v) is 3.78. The first-order chi connectivity index (χ1) is 9.75. The Labute approximate surface area is 125 Å². The Balaban J connectivity index is 2.28. The number of amides is 1. The molecular formula is C16H23NO4. The first-order valence-electron chi connectivity index (χ1n) is 7.20. The summed E-state index contributed by atoms with van der Waals surface area (Å²) >= 11 is 0. The van der Waals surface area contributed by atoms with E-state index in [0.29, 0.717) is 36.3 Å². The summed E-state index contributed by atoms with van der Waals surface area (Å²) in [6, 6.07) is -0.115. The Hall–Kier alpha value is -1.62. The zero-order valence-electron chi connectivity index (χ0n) is 13.3. The summed E-state index contributed by atoms with van der Waals surface area (Å²) in [5.41, 5.74) is 1.12. The van der Waals surface area contributed by atoms with E-state index in [2.05, 4.69) is 5.32 Å². The second-order valence-electron chi connectivity index (χ2n) is 6.63. The van der Waals surface area contributed by atoms with E-state index in [1.807, 2.05) is 20.8 Å². The predicted octanol–water partition coefficient (Wildman–Crippen LogP) is 2.51. The van der Waals surface area contributed by atoms with Crippen LogP contribution in [-0.2, 0) is 11.2 Å². The standard InChI is InChI=1S/C16H23NO4/c1-9(8-20-5)17-15(19)14-10(2)13-11(18)6-16(3,4)7-12(13)21-14/h9H,6-8H2,1-5H3,(H,17,19)/t9-/m1/s1. The second-order valence-corrected chi connectivity index (χ2v) is 6.63. The van der Waals surface area contributed by atoms with Crippen LogP contribution in [0.2, 0.25) is 0 Å². The molecule has 0 saturated heterocycles. The molecule has 1 aliphatic carbocycles. The molecule has 2 rings (SSSR count). The summed E-state index contributed by atoms with van der Waals surface area (Å²) < 4.78 is 10.7. The first-order valence-corrected chi connectivity index (χ1v) is 7.20. The lowest BCUT2D eigenvalue weighted by atomic mass is 9.76. The van der Waals surface area contributed by atoms with Crippen molar-refractivity contribution in [1.29, 1.82) is 0 Å². The van der Waals surface area contributed by atoms with Crippen molar-refractivity contribution < 1.29 is 18.7 Å². The van der Waals surface area contributed by atoms with Gasteiger partial charge in [-0.25, -0.2) is 0 Å². The molecule has 5 heteroatoms. The van der Waals surface area contributed by atoms with Crippen molar-refractivity contribution in [3.05, 3.63) is 22.6 Å². The summed E-state index contributed by atoms with van der Waals surface area (Å²) in [5.74, 6) is 0.649. The van der Waals surface area contributed by atoms with E-state index in [1.54, 1.807) is 14.0 Å². The average Bonchev–Trinajstić information content (AvgIpc) is 2.64.